The van der Waals surface area contributed by atoms with Gasteiger partial charge in [-0.3, -0.25) is 9.59 Å². The zero-order chi connectivity index (χ0) is 25.5. The van der Waals surface area contributed by atoms with E-state index in [0.29, 0.717) is 19.3 Å². The van der Waals surface area contributed by atoms with Crippen molar-refractivity contribution in [2.24, 2.45) is 34.0 Å². The van der Waals surface area contributed by atoms with E-state index in [2.05, 4.69) is 6.92 Å². The fraction of sp³-hybridized carbons (Fsp3) is 0.667. The summed E-state index contributed by atoms with van der Waals surface area (Å²) in [5.74, 6) is -3.07. The van der Waals surface area contributed by atoms with Crippen molar-refractivity contribution >= 4 is 17.7 Å². The van der Waals surface area contributed by atoms with E-state index in [1.807, 2.05) is 20.8 Å². The largest absolute Gasteiger partial charge is 0.472 e. The number of esters is 2. The van der Waals surface area contributed by atoms with Gasteiger partial charge in [-0.25, -0.2) is 4.79 Å². The van der Waals surface area contributed by atoms with Crippen LogP contribution in [0.15, 0.2) is 34.2 Å². The Morgan fingerprint density at radius 2 is 1.94 bits per heavy atom. The van der Waals surface area contributed by atoms with Crippen LogP contribution in [0.4, 0.5) is 0 Å². The number of rotatable bonds is 3. The monoisotopic (exact) mass is 486 g/mol. The van der Waals surface area contributed by atoms with Crippen LogP contribution in [0.5, 0.6) is 0 Å². The number of hydrogen-bond donors (Lipinski definition) is 2. The van der Waals surface area contributed by atoms with Crippen molar-refractivity contribution in [3.63, 3.8) is 0 Å². The second-order valence-corrected chi connectivity index (χ2v) is 11.8. The van der Waals surface area contributed by atoms with Gasteiger partial charge < -0.3 is 24.1 Å². The Hall–Kier alpha value is -2.45. The summed E-state index contributed by atoms with van der Waals surface area (Å²) in [7, 11) is 1.20. The van der Waals surface area contributed by atoms with Crippen LogP contribution < -0.4 is 0 Å². The van der Waals surface area contributed by atoms with Crippen LogP contribution in [0.25, 0.3) is 0 Å². The summed E-state index contributed by atoms with van der Waals surface area (Å²) in [5.41, 5.74) is 0.241. The number of aliphatic hydroxyl groups excluding tert-OH is 2. The van der Waals surface area contributed by atoms with Crippen LogP contribution in [0.3, 0.4) is 0 Å². The van der Waals surface area contributed by atoms with Gasteiger partial charge >= 0.3 is 11.9 Å². The van der Waals surface area contributed by atoms with Crippen molar-refractivity contribution in [3.8, 4) is 0 Å². The van der Waals surface area contributed by atoms with E-state index in [4.69, 9.17) is 13.9 Å². The summed E-state index contributed by atoms with van der Waals surface area (Å²) in [6.07, 6.45) is 1.80. The molecule has 0 spiro atoms. The molecule has 0 amide bonds. The number of furan rings is 1. The number of Topliss-reactive ketones (excluding diaryl/α,β-unsaturated/α-hetero) is 1. The number of methoxy groups -OCH3 is 1. The molecule has 1 aromatic rings. The zero-order valence-corrected chi connectivity index (χ0v) is 20.9. The van der Waals surface area contributed by atoms with E-state index in [-0.39, 0.29) is 24.1 Å². The number of allylic oxidation sites excluding steroid dienone is 1. The number of carbonyl (C=O) groups is 3. The van der Waals surface area contributed by atoms with Crippen molar-refractivity contribution in [3.05, 3.63) is 35.3 Å². The highest BCUT2D eigenvalue weighted by molar-refractivity contribution is 5.93. The third-order valence-electron chi connectivity index (χ3n) is 9.83. The first kappa shape index (κ1) is 24.3. The van der Waals surface area contributed by atoms with Crippen molar-refractivity contribution in [2.45, 2.75) is 71.7 Å². The van der Waals surface area contributed by atoms with E-state index < -0.39 is 52.4 Å². The van der Waals surface area contributed by atoms with E-state index in [1.165, 1.54) is 7.11 Å². The number of cyclic esters (lactones) is 1. The Morgan fingerprint density at radius 3 is 2.57 bits per heavy atom. The number of ether oxygens (including phenoxy) is 2. The zero-order valence-electron chi connectivity index (χ0n) is 20.9. The van der Waals surface area contributed by atoms with Gasteiger partial charge in [-0.2, -0.15) is 0 Å². The maximum atomic E-state index is 13.9. The van der Waals surface area contributed by atoms with Gasteiger partial charge in [0.2, 0.25) is 0 Å². The third-order valence-corrected chi connectivity index (χ3v) is 9.83. The van der Waals surface area contributed by atoms with Crippen LogP contribution in [0, 0.1) is 34.0 Å². The van der Waals surface area contributed by atoms with E-state index in [1.54, 1.807) is 18.6 Å². The molecule has 35 heavy (non-hydrogen) atoms. The van der Waals surface area contributed by atoms with Gasteiger partial charge in [0.1, 0.15) is 11.9 Å². The van der Waals surface area contributed by atoms with Gasteiger partial charge in [0, 0.05) is 28.2 Å². The highest BCUT2D eigenvalue weighted by Crippen LogP contribution is 2.67. The fourth-order valence-electron chi connectivity index (χ4n) is 8.18. The summed E-state index contributed by atoms with van der Waals surface area (Å²) < 4.78 is 16.0. The van der Waals surface area contributed by atoms with Crippen molar-refractivity contribution in [1.82, 2.24) is 0 Å². The van der Waals surface area contributed by atoms with Gasteiger partial charge in [0.05, 0.1) is 32.2 Å². The summed E-state index contributed by atoms with van der Waals surface area (Å²) >= 11 is 0. The first-order chi connectivity index (χ1) is 16.4. The van der Waals surface area contributed by atoms with Crippen LogP contribution in [0.1, 0.15) is 65.0 Å². The molecule has 8 heteroatoms. The van der Waals surface area contributed by atoms with Crippen LogP contribution in [-0.2, 0) is 23.9 Å². The van der Waals surface area contributed by atoms with Crippen LogP contribution in [0.2, 0.25) is 0 Å². The highest BCUT2D eigenvalue weighted by Gasteiger charge is 2.69. The van der Waals surface area contributed by atoms with Crippen molar-refractivity contribution in [2.75, 3.05) is 7.11 Å². The van der Waals surface area contributed by atoms with Gasteiger partial charge in [-0.1, -0.05) is 33.3 Å². The maximum absolute atomic E-state index is 13.9. The summed E-state index contributed by atoms with van der Waals surface area (Å²) in [5, 5.41) is 22.5. The topological polar surface area (TPSA) is 123 Å². The Kier molecular flexibility index (Phi) is 5.39. The average Bonchev–Trinajstić information content (AvgIpc) is 3.34. The summed E-state index contributed by atoms with van der Waals surface area (Å²) in [4.78, 5) is 39.2. The normalized spacial score (nSPS) is 40.9. The predicted octanol–water partition coefficient (Wildman–Crippen LogP) is 3.13. The molecule has 8 atom stereocenters. The SMILES string of the molecule is COC(=O)C(O)[C@H]1C(C)(C)[C@H](O)[C@H]2CC3=C4CC(=O)O[C@@H](c5ccoc5)[C@]4(C)CCC3[C@@]1(C)C2=O. The first-order valence-corrected chi connectivity index (χ1v) is 12.3. The smallest absolute Gasteiger partial charge is 0.335 e. The molecule has 2 saturated carbocycles. The molecule has 3 aliphatic carbocycles. The number of hydrogen-bond acceptors (Lipinski definition) is 8. The molecule has 1 aliphatic heterocycles. The minimum Gasteiger partial charge on any atom is -0.472 e. The molecule has 4 aliphatic rings. The molecule has 2 N–H and O–H groups in total. The quantitative estimate of drug-likeness (QED) is 0.493. The molecule has 0 radical (unpaired) electrons. The average molecular weight is 487 g/mol. The lowest BCUT2D eigenvalue weighted by Crippen LogP contribution is -2.68. The minimum atomic E-state index is -1.56. The van der Waals surface area contributed by atoms with E-state index in [9.17, 15) is 24.6 Å². The molecule has 190 valence electrons. The number of fused-ring (bicyclic) bond motifs is 5. The summed E-state index contributed by atoms with van der Waals surface area (Å²) in [6.45, 7) is 7.54. The molecule has 2 heterocycles. The first-order valence-electron chi connectivity index (χ1n) is 12.3. The molecule has 2 unspecified atom stereocenters. The third kappa shape index (κ3) is 3.08. The standard InChI is InChI=1S/C27H34O8/c1-25(2)20(19(29)24(32)33-5)27(4)16-6-8-26(3)17(14(16)10-15(21(25)30)22(27)31)11-18(28)35-23(26)13-7-9-34-12-13/h7,9,12,15-16,19-21,23,29-30H,6,8,10-11H2,1-5H3/t15-,16?,19?,20+,21-,23+,26-,27-/m1/s1. The molecule has 1 saturated heterocycles. The lowest BCUT2D eigenvalue weighted by molar-refractivity contribution is -0.203. The lowest BCUT2D eigenvalue weighted by atomic mass is 9.40. The second kappa shape index (κ2) is 7.77. The Labute approximate surface area is 204 Å². The highest BCUT2D eigenvalue weighted by atomic mass is 16.5. The fourth-order valence-corrected chi connectivity index (χ4v) is 8.18. The van der Waals surface area contributed by atoms with E-state index in [0.717, 1.165) is 16.7 Å². The number of carbonyl (C=O) groups excluding carboxylic acids is 3. The molecular formula is C27H34O8. The Balaban J connectivity index is 1.69. The summed E-state index contributed by atoms with van der Waals surface area (Å²) in [6, 6.07) is 1.80. The molecule has 2 bridgehead atoms. The molecule has 8 nitrogen and oxygen atoms in total. The Morgan fingerprint density at radius 1 is 1.23 bits per heavy atom. The number of ketones is 1. The molecule has 1 aromatic heterocycles. The Bertz CT molecular complexity index is 1100. The maximum Gasteiger partial charge on any atom is 0.335 e. The van der Waals surface area contributed by atoms with Crippen molar-refractivity contribution < 1.29 is 38.5 Å². The second-order valence-electron chi connectivity index (χ2n) is 11.8. The molecule has 5 rings (SSSR count). The predicted molar refractivity (Wildman–Crippen MR) is 123 cm³/mol. The molecule has 0 aromatic carbocycles. The minimum absolute atomic E-state index is 0.122. The van der Waals surface area contributed by atoms with Gasteiger partial charge in [0.25, 0.3) is 0 Å². The molecular weight excluding hydrogens is 452 g/mol. The van der Waals surface area contributed by atoms with Gasteiger partial charge in [-0.15, -0.1) is 0 Å². The molecule has 3 fully saturated rings. The van der Waals surface area contributed by atoms with Crippen LogP contribution >= 0.6 is 0 Å². The lowest BCUT2D eigenvalue weighted by Gasteiger charge is -2.63. The van der Waals surface area contributed by atoms with Gasteiger partial charge in [-0.05, 0) is 42.2 Å². The van der Waals surface area contributed by atoms with Crippen molar-refractivity contribution in [1.29, 1.82) is 0 Å². The van der Waals surface area contributed by atoms with Crippen LogP contribution in [-0.4, -0.2) is 47.3 Å². The van der Waals surface area contributed by atoms with E-state index >= 15 is 0 Å². The number of aliphatic hydroxyl groups is 2. The van der Waals surface area contributed by atoms with Gasteiger partial charge in [0.15, 0.2) is 6.10 Å².